The van der Waals surface area contributed by atoms with Crippen LogP contribution in [0.2, 0.25) is 0 Å². The van der Waals surface area contributed by atoms with Crippen molar-refractivity contribution in [2.24, 2.45) is 5.92 Å². The van der Waals surface area contributed by atoms with Crippen LogP contribution in [0.3, 0.4) is 0 Å². The molecule has 4 aromatic rings. The lowest BCUT2D eigenvalue weighted by Gasteiger charge is -2.37. The number of fused-ring (bicyclic) bond motifs is 3. The summed E-state index contributed by atoms with van der Waals surface area (Å²) in [4.78, 5) is 31.0. The van der Waals surface area contributed by atoms with Crippen LogP contribution < -0.4 is 16.1 Å². The minimum atomic E-state index is -0.825. The van der Waals surface area contributed by atoms with Crippen LogP contribution in [-0.4, -0.2) is 41.9 Å². The Morgan fingerprint density at radius 3 is 2.27 bits per heavy atom. The molecule has 1 aliphatic carbocycles. The van der Waals surface area contributed by atoms with Crippen molar-refractivity contribution in [3.05, 3.63) is 95.7 Å². The van der Waals surface area contributed by atoms with Gasteiger partial charge in [-0.3, -0.25) is 20.3 Å². The zero-order valence-electron chi connectivity index (χ0n) is 23.8. The maximum Gasteiger partial charge on any atom is 0.261 e. The molecule has 1 fully saturated rings. The first kappa shape index (κ1) is 27.2. The van der Waals surface area contributed by atoms with Gasteiger partial charge in [0.25, 0.3) is 5.91 Å². The number of aromatic nitrogens is 1. The third kappa shape index (κ3) is 5.78. The molecule has 1 unspecified atom stereocenters. The van der Waals surface area contributed by atoms with Crippen LogP contribution in [0.15, 0.2) is 78.9 Å². The molecule has 7 heteroatoms. The molecular weight excluding hydrogens is 510 g/mol. The van der Waals surface area contributed by atoms with Crippen LogP contribution in [-0.2, 0) is 16.0 Å². The number of hydrazine groups is 1. The highest BCUT2D eigenvalue weighted by atomic mass is 16.2. The third-order valence-electron chi connectivity index (χ3n) is 8.62. The van der Waals surface area contributed by atoms with E-state index < -0.39 is 12.1 Å². The van der Waals surface area contributed by atoms with Crippen LogP contribution in [0.5, 0.6) is 0 Å². The molecule has 0 bridgehead atoms. The number of rotatable bonds is 7. The number of para-hydroxylation sites is 1. The van der Waals surface area contributed by atoms with Crippen molar-refractivity contribution in [3.8, 4) is 11.1 Å². The van der Waals surface area contributed by atoms with Crippen molar-refractivity contribution in [1.82, 2.24) is 26.1 Å². The molecule has 2 heterocycles. The first-order chi connectivity index (χ1) is 20.0. The Hall–Kier alpha value is -3.94. The molecular formula is C34H39N5O2. The number of aromatic amines is 1. The van der Waals surface area contributed by atoms with Gasteiger partial charge in [-0.05, 0) is 53.5 Å². The quantitative estimate of drug-likeness (QED) is 0.232. The lowest BCUT2D eigenvalue weighted by atomic mass is 9.79. The van der Waals surface area contributed by atoms with E-state index in [1.54, 1.807) is 19.1 Å². The number of benzene rings is 3. The number of amides is 2. The van der Waals surface area contributed by atoms with Crippen LogP contribution in [0.1, 0.15) is 61.0 Å². The summed E-state index contributed by atoms with van der Waals surface area (Å²) in [6, 6.07) is 25.2. The first-order valence-electron chi connectivity index (χ1n) is 14.8. The lowest BCUT2D eigenvalue weighted by Crippen LogP contribution is -2.54. The van der Waals surface area contributed by atoms with Gasteiger partial charge in [-0.25, -0.2) is 5.01 Å². The van der Waals surface area contributed by atoms with Gasteiger partial charge in [-0.2, -0.15) is 0 Å². The van der Waals surface area contributed by atoms with Gasteiger partial charge in [-0.1, -0.05) is 92.1 Å². The zero-order chi connectivity index (χ0) is 28.3. The maximum absolute atomic E-state index is 14.0. The van der Waals surface area contributed by atoms with E-state index in [1.807, 2.05) is 42.5 Å². The van der Waals surface area contributed by atoms with Crippen molar-refractivity contribution in [2.45, 2.75) is 56.7 Å². The van der Waals surface area contributed by atoms with E-state index in [4.69, 9.17) is 0 Å². The monoisotopic (exact) mass is 549 g/mol. The van der Waals surface area contributed by atoms with E-state index in [2.05, 4.69) is 57.4 Å². The van der Waals surface area contributed by atoms with Gasteiger partial charge in [0.15, 0.2) is 0 Å². The Balaban J connectivity index is 1.28. The second-order valence-corrected chi connectivity index (χ2v) is 11.7. The summed E-state index contributed by atoms with van der Waals surface area (Å²) >= 11 is 0. The topological polar surface area (TPSA) is 89.3 Å². The Morgan fingerprint density at radius 1 is 0.854 bits per heavy atom. The number of carbonyl (C=O) groups is 2. The number of nitrogens with zero attached hydrogens (tertiary/aromatic N) is 1. The normalized spacial score (nSPS) is 20.0. The summed E-state index contributed by atoms with van der Waals surface area (Å²) in [5.74, 6) is 0.0422. The van der Waals surface area contributed by atoms with E-state index in [9.17, 15) is 9.59 Å². The van der Waals surface area contributed by atoms with Crippen molar-refractivity contribution in [1.29, 1.82) is 0 Å². The minimum absolute atomic E-state index is 0.0846. The van der Waals surface area contributed by atoms with E-state index in [1.165, 1.54) is 35.9 Å². The number of H-pyrrole nitrogens is 1. The number of nitrogens with one attached hydrogen (secondary N) is 4. The highest BCUT2D eigenvalue weighted by Gasteiger charge is 2.38. The van der Waals surface area contributed by atoms with Crippen molar-refractivity contribution >= 4 is 22.7 Å². The molecule has 2 aliphatic rings. The van der Waals surface area contributed by atoms with E-state index in [-0.39, 0.29) is 17.9 Å². The van der Waals surface area contributed by atoms with Crippen LogP contribution in [0.25, 0.3) is 22.0 Å². The fourth-order valence-electron chi connectivity index (χ4n) is 6.60. The van der Waals surface area contributed by atoms with Crippen molar-refractivity contribution in [2.75, 3.05) is 14.1 Å². The molecule has 0 saturated heterocycles. The Kier molecular flexibility index (Phi) is 7.90. The summed E-state index contributed by atoms with van der Waals surface area (Å²) in [5.41, 5.74) is 9.31. The molecule has 4 N–H and O–H groups in total. The van der Waals surface area contributed by atoms with Crippen LogP contribution in [0.4, 0.5) is 0 Å². The lowest BCUT2D eigenvalue weighted by molar-refractivity contribution is -0.132. The minimum Gasteiger partial charge on any atom is -0.357 e. The highest BCUT2D eigenvalue weighted by Crippen LogP contribution is 2.40. The fourth-order valence-corrected chi connectivity index (χ4v) is 6.60. The standard InChI is InChI=1S/C34H39N5O2/c1-39(2)38-34(41)31(25-19-17-23(18-20-25)22-11-5-3-6-12-22)37-33(40)29-21-27-26-15-9-10-16-28(26)35-32(27)30(36-29)24-13-7-4-8-14-24/h3,5-6,9-12,15-20,24,29-31,35-36H,4,7-8,13-14,21H2,1-2H3,(H,37,40)(H,38,41)/t29-,30+,31?/m1/s1. The second-order valence-electron chi connectivity index (χ2n) is 11.7. The van der Waals surface area contributed by atoms with Gasteiger partial charge in [-0.15, -0.1) is 0 Å². The molecule has 1 aromatic heterocycles. The van der Waals surface area contributed by atoms with Gasteiger partial charge in [0, 0.05) is 30.7 Å². The second kappa shape index (κ2) is 11.9. The molecule has 1 saturated carbocycles. The van der Waals surface area contributed by atoms with Gasteiger partial charge in [0.1, 0.15) is 6.04 Å². The van der Waals surface area contributed by atoms with Crippen molar-refractivity contribution < 1.29 is 9.59 Å². The SMILES string of the molecule is CN(C)NC(=O)C(NC(=O)[C@H]1Cc2c([nH]c3ccccc23)[C@H](C2CCCCC2)N1)c1ccc(-c2ccccc2)cc1. The molecule has 0 spiro atoms. The molecule has 3 atom stereocenters. The predicted molar refractivity (Wildman–Crippen MR) is 163 cm³/mol. The average molecular weight is 550 g/mol. The molecule has 2 amide bonds. The molecule has 6 rings (SSSR count). The summed E-state index contributed by atoms with van der Waals surface area (Å²) in [5, 5.41) is 9.62. The first-order valence-corrected chi connectivity index (χ1v) is 14.8. The Bertz CT molecular complexity index is 1510. The smallest absolute Gasteiger partial charge is 0.261 e. The van der Waals surface area contributed by atoms with Crippen LogP contribution in [0, 0.1) is 5.92 Å². The number of carbonyl (C=O) groups excluding carboxylic acids is 2. The van der Waals surface area contributed by atoms with Gasteiger partial charge < -0.3 is 10.3 Å². The largest absolute Gasteiger partial charge is 0.357 e. The summed E-state index contributed by atoms with van der Waals surface area (Å²) in [6.45, 7) is 0. The fraction of sp³-hybridized carbons (Fsp3) is 0.353. The summed E-state index contributed by atoms with van der Waals surface area (Å²) in [6.07, 6.45) is 6.61. The molecule has 0 radical (unpaired) electrons. The average Bonchev–Trinajstić information content (AvgIpc) is 3.38. The summed E-state index contributed by atoms with van der Waals surface area (Å²) in [7, 11) is 3.54. The third-order valence-corrected chi connectivity index (χ3v) is 8.62. The Morgan fingerprint density at radius 2 is 1.54 bits per heavy atom. The van der Waals surface area contributed by atoms with E-state index in [0.29, 0.717) is 12.3 Å². The van der Waals surface area contributed by atoms with Gasteiger partial charge in [0.05, 0.1) is 12.1 Å². The Labute approximate surface area is 241 Å². The molecule has 3 aromatic carbocycles. The molecule has 1 aliphatic heterocycles. The van der Waals surface area contributed by atoms with Crippen molar-refractivity contribution in [3.63, 3.8) is 0 Å². The van der Waals surface area contributed by atoms with Gasteiger partial charge >= 0.3 is 0 Å². The number of hydrogen-bond donors (Lipinski definition) is 4. The highest BCUT2D eigenvalue weighted by molar-refractivity contribution is 5.92. The zero-order valence-corrected chi connectivity index (χ0v) is 23.8. The maximum atomic E-state index is 14.0. The van der Waals surface area contributed by atoms with E-state index >= 15 is 0 Å². The number of hydrogen-bond acceptors (Lipinski definition) is 4. The predicted octanol–water partition coefficient (Wildman–Crippen LogP) is 5.42. The molecule has 212 valence electrons. The molecule has 41 heavy (non-hydrogen) atoms. The van der Waals surface area contributed by atoms with E-state index in [0.717, 1.165) is 35.0 Å². The van der Waals surface area contributed by atoms with Crippen LogP contribution >= 0.6 is 0 Å². The van der Waals surface area contributed by atoms with Gasteiger partial charge in [0.2, 0.25) is 5.91 Å². The molecule has 7 nitrogen and oxygen atoms in total. The summed E-state index contributed by atoms with van der Waals surface area (Å²) < 4.78 is 0.